The highest BCUT2D eigenvalue weighted by atomic mass is 19.1. The van der Waals surface area contributed by atoms with Crippen LogP contribution in [0.5, 0.6) is 0 Å². The average molecular weight is 388 g/mol. The Kier molecular flexibility index (Phi) is 5.98. The molecule has 5 nitrogen and oxygen atoms in total. The van der Waals surface area contributed by atoms with E-state index in [1.165, 1.54) is 29.2 Å². The zero-order valence-corrected chi connectivity index (χ0v) is 16.9. The molecule has 2 aliphatic rings. The van der Waals surface area contributed by atoms with E-state index in [2.05, 4.69) is 4.90 Å². The molecule has 2 saturated heterocycles. The van der Waals surface area contributed by atoms with Gasteiger partial charge in [-0.3, -0.25) is 19.3 Å². The van der Waals surface area contributed by atoms with Crippen LogP contribution in [0.1, 0.15) is 49.9 Å². The van der Waals surface area contributed by atoms with Crippen LogP contribution in [0.3, 0.4) is 0 Å². The number of hydrogen-bond donors (Lipinski definition) is 0. The fraction of sp³-hybridized carbons (Fsp3) is 0.591. The molecule has 1 atom stereocenters. The summed E-state index contributed by atoms with van der Waals surface area (Å²) in [7, 11) is 1.60. The van der Waals surface area contributed by atoms with Crippen LogP contribution in [0, 0.1) is 23.1 Å². The number of carbonyl (C=O) groups excluding carboxylic acids is 3. The molecule has 0 aromatic heterocycles. The van der Waals surface area contributed by atoms with E-state index in [9.17, 15) is 18.8 Å². The van der Waals surface area contributed by atoms with Crippen molar-refractivity contribution in [1.82, 2.24) is 9.80 Å². The first-order valence-electron chi connectivity index (χ1n) is 10.1. The predicted molar refractivity (Wildman–Crippen MR) is 104 cm³/mol. The molecule has 0 saturated carbocycles. The lowest BCUT2D eigenvalue weighted by atomic mass is 9.66. The maximum Gasteiger partial charge on any atom is 0.236 e. The van der Waals surface area contributed by atoms with Crippen LogP contribution in [-0.2, 0) is 9.59 Å². The van der Waals surface area contributed by atoms with E-state index in [1.807, 2.05) is 13.8 Å². The number of nitrogens with zero attached hydrogens (tertiary/aromatic N) is 2. The monoisotopic (exact) mass is 388 g/mol. The van der Waals surface area contributed by atoms with Crippen LogP contribution in [0.25, 0.3) is 0 Å². The summed E-state index contributed by atoms with van der Waals surface area (Å²) in [5.74, 6) is -0.482. The molecule has 1 spiro atoms. The summed E-state index contributed by atoms with van der Waals surface area (Å²) in [6.45, 7) is 6.35. The Balaban J connectivity index is 1.52. The van der Waals surface area contributed by atoms with Crippen LogP contribution >= 0.6 is 0 Å². The third kappa shape index (κ3) is 3.75. The number of likely N-dealkylation sites (tertiary alicyclic amines) is 2. The topological polar surface area (TPSA) is 57.7 Å². The molecule has 152 valence electrons. The third-order valence-corrected chi connectivity index (χ3v) is 6.38. The Morgan fingerprint density at radius 3 is 2.36 bits per heavy atom. The molecule has 2 aliphatic heterocycles. The molecular weight excluding hydrogens is 359 g/mol. The van der Waals surface area contributed by atoms with Gasteiger partial charge >= 0.3 is 0 Å². The number of imide groups is 1. The number of benzene rings is 1. The standard InChI is InChI=1S/C22H29FN2O3/c1-15(2)19-20(27)24(3)21(28)22(19)10-13-25(14-11-22)12-4-5-18(26)16-6-8-17(23)9-7-16/h6-9,15,19H,4-5,10-14H2,1-3H3. The van der Waals surface area contributed by atoms with Crippen molar-refractivity contribution in [3.8, 4) is 0 Å². The van der Waals surface area contributed by atoms with Gasteiger partial charge in [0.05, 0.1) is 11.3 Å². The third-order valence-electron chi connectivity index (χ3n) is 6.38. The number of amides is 2. The summed E-state index contributed by atoms with van der Waals surface area (Å²) in [6, 6.07) is 5.65. The highest BCUT2D eigenvalue weighted by Gasteiger charge is 2.59. The molecule has 2 fully saturated rings. The van der Waals surface area contributed by atoms with Gasteiger partial charge in [-0.05, 0) is 69.1 Å². The number of piperidine rings is 1. The molecule has 0 bridgehead atoms. The fourth-order valence-electron chi connectivity index (χ4n) is 4.88. The Morgan fingerprint density at radius 1 is 1.18 bits per heavy atom. The lowest BCUT2D eigenvalue weighted by Crippen LogP contribution is -2.48. The zero-order valence-electron chi connectivity index (χ0n) is 16.9. The Labute approximate surface area is 165 Å². The highest BCUT2D eigenvalue weighted by Crippen LogP contribution is 2.49. The average Bonchev–Trinajstić information content (AvgIpc) is 2.85. The molecule has 0 radical (unpaired) electrons. The van der Waals surface area contributed by atoms with Crippen molar-refractivity contribution in [2.24, 2.45) is 17.3 Å². The van der Waals surface area contributed by atoms with E-state index in [4.69, 9.17) is 0 Å². The number of Topliss-reactive ketones (excluding diaryl/α,β-unsaturated/α-hetero) is 1. The number of halogens is 1. The Hall–Kier alpha value is -2.08. The van der Waals surface area contributed by atoms with E-state index in [1.54, 1.807) is 7.05 Å². The minimum absolute atomic E-state index is 0.0199. The number of carbonyl (C=O) groups is 3. The fourth-order valence-corrected chi connectivity index (χ4v) is 4.88. The number of rotatable bonds is 6. The summed E-state index contributed by atoms with van der Waals surface area (Å²) >= 11 is 0. The van der Waals surface area contributed by atoms with Gasteiger partial charge in [0, 0.05) is 19.0 Å². The molecule has 1 aromatic carbocycles. The van der Waals surface area contributed by atoms with E-state index >= 15 is 0 Å². The van der Waals surface area contributed by atoms with Crippen molar-refractivity contribution in [2.75, 3.05) is 26.7 Å². The smallest absolute Gasteiger partial charge is 0.236 e. The normalized spacial score (nSPS) is 22.5. The van der Waals surface area contributed by atoms with Crippen molar-refractivity contribution >= 4 is 17.6 Å². The first-order valence-corrected chi connectivity index (χ1v) is 10.1. The minimum Gasteiger partial charge on any atom is -0.303 e. The molecule has 1 aromatic rings. The molecule has 28 heavy (non-hydrogen) atoms. The molecule has 2 heterocycles. The summed E-state index contributed by atoms with van der Waals surface area (Å²) in [6.07, 6.45) is 2.53. The summed E-state index contributed by atoms with van der Waals surface area (Å²) in [5.41, 5.74) is -0.0164. The molecule has 1 unspecified atom stereocenters. The molecule has 0 N–H and O–H groups in total. The van der Waals surface area contributed by atoms with Crippen LogP contribution in [0.15, 0.2) is 24.3 Å². The van der Waals surface area contributed by atoms with E-state index in [-0.39, 0.29) is 35.3 Å². The van der Waals surface area contributed by atoms with Gasteiger partial charge in [-0.25, -0.2) is 4.39 Å². The largest absolute Gasteiger partial charge is 0.303 e. The van der Waals surface area contributed by atoms with Crippen LogP contribution in [0.2, 0.25) is 0 Å². The van der Waals surface area contributed by atoms with E-state index in [0.29, 0.717) is 24.8 Å². The second kappa shape index (κ2) is 8.11. The number of hydrogen-bond acceptors (Lipinski definition) is 4. The van der Waals surface area contributed by atoms with Gasteiger partial charge in [0.25, 0.3) is 0 Å². The van der Waals surface area contributed by atoms with Crippen LogP contribution in [0.4, 0.5) is 4.39 Å². The Morgan fingerprint density at radius 2 is 1.79 bits per heavy atom. The van der Waals surface area contributed by atoms with Crippen molar-refractivity contribution in [3.63, 3.8) is 0 Å². The van der Waals surface area contributed by atoms with Gasteiger partial charge < -0.3 is 4.90 Å². The van der Waals surface area contributed by atoms with E-state index < -0.39 is 5.41 Å². The second-order valence-corrected chi connectivity index (χ2v) is 8.46. The SMILES string of the molecule is CC(C)C1C(=O)N(C)C(=O)C12CCN(CCCC(=O)c1ccc(F)cc1)CC2. The second-order valence-electron chi connectivity index (χ2n) is 8.46. The minimum atomic E-state index is -0.555. The maximum atomic E-state index is 13.0. The lowest BCUT2D eigenvalue weighted by molar-refractivity contribution is -0.141. The predicted octanol–water partition coefficient (Wildman–Crippen LogP) is 3.14. The van der Waals surface area contributed by atoms with E-state index in [0.717, 1.165) is 26.1 Å². The van der Waals surface area contributed by atoms with Gasteiger partial charge in [-0.2, -0.15) is 0 Å². The summed E-state index contributed by atoms with van der Waals surface area (Å²) < 4.78 is 13.0. The van der Waals surface area contributed by atoms with Gasteiger partial charge in [-0.15, -0.1) is 0 Å². The summed E-state index contributed by atoms with van der Waals surface area (Å²) in [4.78, 5) is 41.2. The highest BCUT2D eigenvalue weighted by molar-refractivity contribution is 6.07. The van der Waals surface area contributed by atoms with Crippen molar-refractivity contribution in [3.05, 3.63) is 35.6 Å². The van der Waals surface area contributed by atoms with Crippen molar-refractivity contribution in [2.45, 2.75) is 39.5 Å². The van der Waals surface area contributed by atoms with Crippen molar-refractivity contribution < 1.29 is 18.8 Å². The molecule has 3 rings (SSSR count). The van der Waals surface area contributed by atoms with Crippen LogP contribution in [-0.4, -0.2) is 54.1 Å². The molecule has 0 aliphatic carbocycles. The van der Waals surface area contributed by atoms with Gasteiger partial charge in [0.2, 0.25) is 11.8 Å². The Bertz CT molecular complexity index is 752. The van der Waals surface area contributed by atoms with Gasteiger partial charge in [-0.1, -0.05) is 13.8 Å². The maximum absolute atomic E-state index is 13.0. The van der Waals surface area contributed by atoms with Gasteiger partial charge in [0.1, 0.15) is 5.82 Å². The lowest BCUT2D eigenvalue weighted by Gasteiger charge is -2.41. The number of ketones is 1. The van der Waals surface area contributed by atoms with Crippen molar-refractivity contribution in [1.29, 1.82) is 0 Å². The first-order chi connectivity index (χ1) is 13.3. The summed E-state index contributed by atoms with van der Waals surface area (Å²) in [5, 5.41) is 0. The zero-order chi connectivity index (χ0) is 20.5. The molecule has 6 heteroatoms. The van der Waals surface area contributed by atoms with Crippen LogP contribution < -0.4 is 0 Å². The molecular formula is C22H29FN2O3. The molecule has 2 amide bonds. The first kappa shape index (κ1) is 20.6. The van der Waals surface area contributed by atoms with Gasteiger partial charge in [0.15, 0.2) is 5.78 Å². The quantitative estimate of drug-likeness (QED) is 0.555.